The number of nitrogens with one attached hydrogen (secondary N) is 1. The highest BCUT2D eigenvalue weighted by atomic mass is 16.5. The summed E-state index contributed by atoms with van der Waals surface area (Å²) in [6.45, 7) is 17.9. The van der Waals surface area contributed by atoms with E-state index in [1.165, 1.54) is 0 Å². The average molecular weight is 360 g/mol. The van der Waals surface area contributed by atoms with Gasteiger partial charge in [0.15, 0.2) is 11.7 Å². The van der Waals surface area contributed by atoms with Crippen molar-refractivity contribution in [1.82, 2.24) is 5.32 Å². The maximum absolute atomic E-state index is 12.3. The molecule has 0 spiro atoms. The van der Waals surface area contributed by atoms with Gasteiger partial charge in [-0.2, -0.15) is 0 Å². The van der Waals surface area contributed by atoms with Crippen LogP contribution in [0.2, 0.25) is 0 Å². The first kappa shape index (κ1) is 21.9. The number of rotatable bonds is 10. The van der Waals surface area contributed by atoms with E-state index in [1.54, 1.807) is 0 Å². The minimum absolute atomic E-state index is 0.00101. The lowest BCUT2D eigenvalue weighted by molar-refractivity contribution is -0.123. The smallest absolute Gasteiger partial charge is 0.186 e. The fourth-order valence-corrected chi connectivity index (χ4v) is 3.10. The SMILES string of the molecule is C=C(NCC(=O)CC)Oc1cc(C)cc(C)c1C(C)(C)CC(=O)C(C)C. The Morgan fingerprint density at radius 2 is 1.85 bits per heavy atom. The Morgan fingerprint density at radius 3 is 2.38 bits per heavy atom. The third-order valence-corrected chi connectivity index (χ3v) is 4.49. The Hall–Kier alpha value is -2.10. The van der Waals surface area contributed by atoms with Gasteiger partial charge in [-0.15, -0.1) is 0 Å². The quantitative estimate of drug-likeness (QED) is 0.620. The molecule has 4 nitrogen and oxygen atoms in total. The molecule has 0 aliphatic heterocycles. The van der Waals surface area contributed by atoms with Crippen molar-refractivity contribution in [3.05, 3.63) is 41.3 Å². The zero-order chi connectivity index (χ0) is 20.1. The molecule has 0 aliphatic carbocycles. The number of carbonyl (C=O) groups is 2. The molecule has 0 heterocycles. The Morgan fingerprint density at radius 1 is 1.23 bits per heavy atom. The summed E-state index contributed by atoms with van der Waals surface area (Å²) in [7, 11) is 0. The first-order valence-electron chi connectivity index (χ1n) is 9.24. The highest BCUT2D eigenvalue weighted by molar-refractivity contribution is 5.82. The van der Waals surface area contributed by atoms with Crippen LogP contribution in [0.25, 0.3) is 0 Å². The number of hydrogen-bond acceptors (Lipinski definition) is 4. The van der Waals surface area contributed by atoms with Gasteiger partial charge >= 0.3 is 0 Å². The fourth-order valence-electron chi connectivity index (χ4n) is 3.10. The van der Waals surface area contributed by atoms with Gasteiger partial charge in [0.2, 0.25) is 0 Å². The molecule has 1 rings (SSSR count). The summed E-state index contributed by atoms with van der Waals surface area (Å²) in [5.74, 6) is 1.35. The molecule has 0 saturated heterocycles. The molecule has 0 unspecified atom stereocenters. The van der Waals surface area contributed by atoms with Gasteiger partial charge in [-0.1, -0.05) is 40.7 Å². The van der Waals surface area contributed by atoms with Gasteiger partial charge in [-0.3, -0.25) is 9.59 Å². The number of Topliss-reactive ketones (excluding diaryl/α,β-unsaturated/α-hetero) is 2. The molecule has 1 aromatic rings. The Balaban J connectivity index is 3.14. The van der Waals surface area contributed by atoms with Crippen molar-refractivity contribution in [2.45, 2.75) is 66.7 Å². The van der Waals surface area contributed by atoms with Crippen LogP contribution in [0.5, 0.6) is 5.75 Å². The highest BCUT2D eigenvalue weighted by Crippen LogP contribution is 2.39. The largest absolute Gasteiger partial charge is 0.442 e. The molecule has 0 atom stereocenters. The Bertz CT molecular complexity index is 687. The fraction of sp³-hybridized carbons (Fsp3) is 0.545. The van der Waals surface area contributed by atoms with Crippen molar-refractivity contribution in [1.29, 1.82) is 0 Å². The molecule has 1 N–H and O–H groups in total. The first-order valence-corrected chi connectivity index (χ1v) is 9.24. The predicted molar refractivity (Wildman–Crippen MR) is 106 cm³/mol. The monoisotopic (exact) mass is 359 g/mol. The molecule has 0 amide bonds. The van der Waals surface area contributed by atoms with E-state index in [0.29, 0.717) is 24.5 Å². The Kier molecular flexibility index (Phi) is 7.61. The summed E-state index contributed by atoms with van der Waals surface area (Å²) < 4.78 is 5.96. The van der Waals surface area contributed by atoms with Gasteiger partial charge in [0.05, 0.1) is 6.54 Å². The maximum atomic E-state index is 12.3. The van der Waals surface area contributed by atoms with Gasteiger partial charge in [-0.25, -0.2) is 0 Å². The molecular formula is C22H33NO3. The lowest BCUT2D eigenvalue weighted by Gasteiger charge is -2.30. The summed E-state index contributed by atoms with van der Waals surface area (Å²) in [6, 6.07) is 4.05. The lowest BCUT2D eigenvalue weighted by Crippen LogP contribution is -2.28. The van der Waals surface area contributed by atoms with E-state index in [1.807, 2.05) is 40.7 Å². The number of carbonyl (C=O) groups excluding carboxylic acids is 2. The van der Waals surface area contributed by atoms with Gasteiger partial charge in [0, 0.05) is 29.7 Å². The van der Waals surface area contributed by atoms with Crippen molar-refractivity contribution in [3.63, 3.8) is 0 Å². The van der Waals surface area contributed by atoms with E-state index in [2.05, 4.69) is 31.8 Å². The van der Waals surface area contributed by atoms with Crippen molar-refractivity contribution >= 4 is 11.6 Å². The average Bonchev–Trinajstić information content (AvgIpc) is 2.50. The summed E-state index contributed by atoms with van der Waals surface area (Å²) in [5.41, 5.74) is 2.79. The van der Waals surface area contributed by atoms with E-state index in [0.717, 1.165) is 16.7 Å². The van der Waals surface area contributed by atoms with Crippen LogP contribution in [-0.4, -0.2) is 18.1 Å². The van der Waals surface area contributed by atoms with Crippen LogP contribution in [0.15, 0.2) is 24.6 Å². The van der Waals surface area contributed by atoms with Gasteiger partial charge in [-0.05, 0) is 37.6 Å². The molecule has 4 heteroatoms. The standard InChI is InChI=1S/C22H33NO3/c1-9-18(24)13-23-17(6)26-20-11-15(4)10-16(5)21(20)22(7,8)12-19(25)14(2)3/h10-11,14,23H,6,9,12-13H2,1-5,7-8H3. The molecule has 0 radical (unpaired) electrons. The summed E-state index contributed by atoms with van der Waals surface area (Å²) >= 11 is 0. The third kappa shape index (κ3) is 6.01. The van der Waals surface area contributed by atoms with Crippen LogP contribution < -0.4 is 10.1 Å². The first-order chi connectivity index (χ1) is 12.0. The second kappa shape index (κ2) is 9.02. The number of ketones is 2. The maximum Gasteiger partial charge on any atom is 0.186 e. The van der Waals surface area contributed by atoms with Gasteiger partial charge in [0.1, 0.15) is 11.5 Å². The van der Waals surface area contributed by atoms with Crippen LogP contribution in [0, 0.1) is 19.8 Å². The summed E-state index contributed by atoms with van der Waals surface area (Å²) in [6.07, 6.45) is 0.915. The van der Waals surface area contributed by atoms with Crippen molar-refractivity contribution in [3.8, 4) is 5.75 Å². The molecule has 0 aromatic heterocycles. The van der Waals surface area contributed by atoms with Crippen LogP contribution in [0.4, 0.5) is 0 Å². The van der Waals surface area contributed by atoms with Crippen LogP contribution in [-0.2, 0) is 15.0 Å². The molecule has 0 saturated carbocycles. The summed E-state index contributed by atoms with van der Waals surface area (Å²) in [4.78, 5) is 23.8. The normalized spacial score (nSPS) is 11.4. The van der Waals surface area contributed by atoms with Crippen LogP contribution >= 0.6 is 0 Å². The second-order valence-electron chi connectivity index (χ2n) is 7.91. The number of aryl methyl sites for hydroxylation is 2. The minimum atomic E-state index is -0.367. The number of hydrogen-bond donors (Lipinski definition) is 1. The van der Waals surface area contributed by atoms with Gasteiger partial charge in [0.25, 0.3) is 0 Å². The van der Waals surface area contributed by atoms with Crippen molar-refractivity contribution in [2.24, 2.45) is 5.92 Å². The number of benzene rings is 1. The molecule has 26 heavy (non-hydrogen) atoms. The van der Waals surface area contributed by atoms with E-state index < -0.39 is 0 Å². The molecule has 0 aliphatic rings. The Labute approximate surface area is 158 Å². The topological polar surface area (TPSA) is 55.4 Å². The highest BCUT2D eigenvalue weighted by Gasteiger charge is 2.30. The molecule has 1 aromatic carbocycles. The predicted octanol–water partition coefficient (Wildman–Crippen LogP) is 4.61. The third-order valence-electron chi connectivity index (χ3n) is 4.49. The molecule has 0 bridgehead atoms. The van der Waals surface area contributed by atoms with E-state index >= 15 is 0 Å². The zero-order valence-corrected chi connectivity index (χ0v) is 17.3. The van der Waals surface area contributed by atoms with E-state index in [-0.39, 0.29) is 29.4 Å². The lowest BCUT2D eigenvalue weighted by atomic mass is 9.76. The van der Waals surface area contributed by atoms with Crippen molar-refractivity contribution < 1.29 is 14.3 Å². The van der Waals surface area contributed by atoms with Gasteiger partial charge < -0.3 is 10.1 Å². The molecular weight excluding hydrogens is 326 g/mol. The number of ether oxygens (including phenoxy) is 1. The van der Waals surface area contributed by atoms with Crippen LogP contribution in [0.3, 0.4) is 0 Å². The van der Waals surface area contributed by atoms with Crippen LogP contribution in [0.1, 0.15) is 64.2 Å². The van der Waals surface area contributed by atoms with E-state index in [4.69, 9.17) is 4.74 Å². The second-order valence-corrected chi connectivity index (χ2v) is 7.91. The summed E-state index contributed by atoms with van der Waals surface area (Å²) in [5, 5.41) is 2.93. The van der Waals surface area contributed by atoms with Crippen molar-refractivity contribution in [2.75, 3.05) is 6.54 Å². The zero-order valence-electron chi connectivity index (χ0n) is 17.3. The van der Waals surface area contributed by atoms with E-state index in [9.17, 15) is 9.59 Å². The molecule has 0 fully saturated rings. The minimum Gasteiger partial charge on any atom is -0.442 e. The molecule has 144 valence electrons.